The van der Waals surface area contributed by atoms with Crippen LogP contribution < -0.4 is 5.73 Å². The number of fused-ring (bicyclic) bond motifs is 2. The van der Waals surface area contributed by atoms with E-state index in [0.29, 0.717) is 0 Å². The fourth-order valence-electron chi connectivity index (χ4n) is 4.42. The van der Waals surface area contributed by atoms with E-state index in [1.165, 1.54) is 24.3 Å². The van der Waals surface area contributed by atoms with E-state index in [1.54, 1.807) is 0 Å². The van der Waals surface area contributed by atoms with Gasteiger partial charge in [0.05, 0.1) is 6.10 Å². The highest BCUT2D eigenvalue weighted by Crippen LogP contribution is 2.51. The SMILES string of the molecule is C=C/C=C1/C(=O)C2=C(O)[C@]3(O)C(=O)C(C(N)=O)=C(O)C[C@@H]3CC2[C@H](O)/C1=C/C=C. The Morgan fingerprint density at radius 1 is 1.17 bits per heavy atom. The molecule has 3 aliphatic carbocycles. The van der Waals surface area contributed by atoms with Gasteiger partial charge in [0.1, 0.15) is 17.1 Å². The van der Waals surface area contributed by atoms with Gasteiger partial charge in [0.2, 0.25) is 5.78 Å². The van der Waals surface area contributed by atoms with Crippen LogP contribution in [0, 0.1) is 11.8 Å². The van der Waals surface area contributed by atoms with Crippen molar-refractivity contribution in [2.75, 3.05) is 0 Å². The van der Waals surface area contributed by atoms with E-state index >= 15 is 0 Å². The third-order valence-electron chi connectivity index (χ3n) is 5.75. The lowest BCUT2D eigenvalue weighted by atomic mass is 9.59. The Morgan fingerprint density at radius 3 is 2.34 bits per heavy atom. The predicted molar refractivity (Wildman–Crippen MR) is 102 cm³/mol. The van der Waals surface area contributed by atoms with Gasteiger partial charge in [-0.05, 0) is 12.0 Å². The van der Waals surface area contributed by atoms with Gasteiger partial charge in [0.15, 0.2) is 11.4 Å². The molecule has 0 aliphatic heterocycles. The zero-order chi connectivity index (χ0) is 21.7. The molecule has 3 aliphatic rings. The lowest BCUT2D eigenvalue weighted by Crippen LogP contribution is -2.58. The Kier molecular flexibility index (Phi) is 4.94. The first kappa shape index (κ1) is 20.5. The van der Waals surface area contributed by atoms with Crippen LogP contribution in [0.1, 0.15) is 12.8 Å². The molecule has 8 heteroatoms. The van der Waals surface area contributed by atoms with Crippen LogP contribution in [0.15, 0.2) is 71.3 Å². The van der Waals surface area contributed by atoms with Crippen LogP contribution in [0.4, 0.5) is 0 Å². The maximum atomic E-state index is 13.1. The molecule has 1 unspecified atom stereocenters. The highest BCUT2D eigenvalue weighted by Gasteiger charge is 2.60. The number of nitrogens with two attached hydrogens (primary N) is 1. The number of hydrogen-bond acceptors (Lipinski definition) is 7. The van der Waals surface area contributed by atoms with Crippen molar-refractivity contribution in [1.82, 2.24) is 0 Å². The number of carbonyl (C=O) groups is 3. The number of ketones is 2. The standard InChI is InChI=1S/C21H21NO7/c1-3-5-10-11(6-4-2)17(25)14-12(16(10)24)7-9-8-13(23)15(20(22)28)19(27)21(9,29)18(14)26/h3-6,9,12,16,23-24,26,29H,1-2,7-8H2,(H2,22,28)/b10-5+,11-6+/t9-,12?,16+,21-/m0/s1. The minimum Gasteiger partial charge on any atom is -0.511 e. The van der Waals surface area contributed by atoms with Gasteiger partial charge in [-0.3, -0.25) is 14.4 Å². The van der Waals surface area contributed by atoms with Crippen LogP contribution in [0.25, 0.3) is 0 Å². The van der Waals surface area contributed by atoms with Crippen LogP contribution in [0.2, 0.25) is 0 Å². The largest absolute Gasteiger partial charge is 0.511 e. The third-order valence-corrected chi connectivity index (χ3v) is 5.75. The van der Waals surface area contributed by atoms with Crippen molar-refractivity contribution >= 4 is 17.5 Å². The molecule has 1 saturated carbocycles. The molecule has 1 amide bonds. The van der Waals surface area contributed by atoms with E-state index in [0.717, 1.165) is 0 Å². The van der Waals surface area contributed by atoms with Crippen molar-refractivity contribution in [2.45, 2.75) is 24.5 Å². The van der Waals surface area contributed by atoms with Gasteiger partial charge in [-0.1, -0.05) is 37.5 Å². The molecular weight excluding hydrogens is 378 g/mol. The fraction of sp³-hybridized carbons (Fsp3) is 0.286. The topological polar surface area (TPSA) is 158 Å². The highest BCUT2D eigenvalue weighted by atomic mass is 16.3. The molecule has 8 nitrogen and oxygen atoms in total. The van der Waals surface area contributed by atoms with Crippen LogP contribution in [-0.4, -0.2) is 49.6 Å². The summed E-state index contributed by atoms with van der Waals surface area (Å²) in [7, 11) is 0. The molecule has 0 radical (unpaired) electrons. The first-order valence-corrected chi connectivity index (χ1v) is 8.92. The van der Waals surface area contributed by atoms with E-state index in [1.807, 2.05) is 0 Å². The summed E-state index contributed by atoms with van der Waals surface area (Å²) in [6.07, 6.45) is 3.86. The summed E-state index contributed by atoms with van der Waals surface area (Å²) >= 11 is 0. The number of hydrogen-bond donors (Lipinski definition) is 5. The van der Waals surface area contributed by atoms with Gasteiger partial charge in [0.25, 0.3) is 5.91 Å². The maximum absolute atomic E-state index is 13.1. The lowest BCUT2D eigenvalue weighted by Gasteiger charge is -2.47. The minimum atomic E-state index is -2.60. The van der Waals surface area contributed by atoms with E-state index in [-0.39, 0.29) is 29.6 Å². The Balaban J connectivity index is 2.25. The zero-order valence-corrected chi connectivity index (χ0v) is 15.5. The molecular formula is C21H21NO7. The first-order valence-electron chi connectivity index (χ1n) is 8.92. The number of rotatable bonds is 3. The molecule has 4 atom stereocenters. The van der Waals surface area contributed by atoms with Gasteiger partial charge in [-0.15, -0.1) is 0 Å². The Labute approximate surface area is 166 Å². The number of Topliss-reactive ketones (excluding diaryl/α,β-unsaturated/α-hetero) is 2. The molecule has 29 heavy (non-hydrogen) atoms. The smallest absolute Gasteiger partial charge is 0.255 e. The second-order valence-electron chi connectivity index (χ2n) is 7.23. The van der Waals surface area contributed by atoms with Crippen molar-refractivity contribution in [3.63, 3.8) is 0 Å². The summed E-state index contributed by atoms with van der Waals surface area (Å²) in [5.41, 5.74) is 1.70. The predicted octanol–water partition coefficient (Wildman–Crippen LogP) is 0.604. The summed E-state index contributed by atoms with van der Waals surface area (Å²) in [4.78, 5) is 37.5. The Hall–Kier alpha value is -3.23. The molecule has 0 aromatic rings. The second-order valence-corrected chi connectivity index (χ2v) is 7.23. The summed E-state index contributed by atoms with van der Waals surface area (Å²) in [6, 6.07) is 0. The van der Waals surface area contributed by atoms with Gasteiger partial charge in [-0.2, -0.15) is 0 Å². The molecule has 0 saturated heterocycles. The van der Waals surface area contributed by atoms with Crippen molar-refractivity contribution in [2.24, 2.45) is 17.6 Å². The molecule has 3 rings (SSSR count). The molecule has 0 aromatic carbocycles. The van der Waals surface area contributed by atoms with E-state index in [9.17, 15) is 34.8 Å². The molecule has 0 aromatic heterocycles. The Morgan fingerprint density at radius 2 is 1.79 bits per heavy atom. The summed E-state index contributed by atoms with van der Waals surface area (Å²) in [6.45, 7) is 7.10. The van der Waals surface area contributed by atoms with E-state index in [2.05, 4.69) is 13.2 Å². The molecule has 152 valence electrons. The lowest BCUT2D eigenvalue weighted by molar-refractivity contribution is -0.145. The quantitative estimate of drug-likeness (QED) is 0.343. The normalized spacial score (nSPS) is 34.9. The number of allylic oxidation sites excluding steroid dienone is 5. The van der Waals surface area contributed by atoms with Crippen molar-refractivity contribution in [1.29, 1.82) is 0 Å². The van der Waals surface area contributed by atoms with Gasteiger partial charge in [-0.25, -0.2) is 0 Å². The first-order chi connectivity index (χ1) is 13.6. The van der Waals surface area contributed by atoms with Crippen molar-refractivity contribution < 1.29 is 34.8 Å². The summed E-state index contributed by atoms with van der Waals surface area (Å²) < 4.78 is 0. The summed E-state index contributed by atoms with van der Waals surface area (Å²) in [5.74, 6) is -6.75. The van der Waals surface area contributed by atoms with Gasteiger partial charge in [0, 0.05) is 29.4 Å². The van der Waals surface area contributed by atoms with Crippen LogP contribution >= 0.6 is 0 Å². The molecule has 0 heterocycles. The van der Waals surface area contributed by atoms with Crippen LogP contribution in [0.5, 0.6) is 0 Å². The molecule has 0 bridgehead atoms. The molecule has 1 fully saturated rings. The molecule has 6 N–H and O–H groups in total. The van der Waals surface area contributed by atoms with Crippen molar-refractivity contribution in [3.05, 3.63) is 71.3 Å². The zero-order valence-electron chi connectivity index (χ0n) is 15.5. The van der Waals surface area contributed by atoms with Gasteiger partial charge < -0.3 is 26.2 Å². The number of primary amides is 1. The summed E-state index contributed by atoms with van der Waals surface area (Å²) in [5, 5.41) is 42.9. The third kappa shape index (κ3) is 2.72. The number of aliphatic hydroxyl groups is 4. The Bertz CT molecular complexity index is 981. The fourth-order valence-corrected chi connectivity index (χ4v) is 4.42. The maximum Gasteiger partial charge on any atom is 0.255 e. The number of carbonyl (C=O) groups excluding carboxylic acids is 3. The second kappa shape index (κ2) is 6.98. The van der Waals surface area contributed by atoms with Crippen LogP contribution in [0.3, 0.4) is 0 Å². The van der Waals surface area contributed by atoms with Gasteiger partial charge >= 0.3 is 0 Å². The van der Waals surface area contributed by atoms with Crippen LogP contribution in [-0.2, 0) is 14.4 Å². The number of amides is 1. The number of aliphatic hydroxyl groups excluding tert-OH is 3. The highest BCUT2D eigenvalue weighted by molar-refractivity contribution is 6.24. The average molecular weight is 399 g/mol. The average Bonchev–Trinajstić information content (AvgIpc) is 2.65. The van der Waals surface area contributed by atoms with Crippen molar-refractivity contribution in [3.8, 4) is 0 Å². The van der Waals surface area contributed by atoms with E-state index in [4.69, 9.17) is 5.73 Å². The van der Waals surface area contributed by atoms with E-state index < -0.39 is 58.1 Å². The molecule has 0 spiro atoms. The minimum absolute atomic E-state index is 0.0315. The monoisotopic (exact) mass is 399 g/mol.